The van der Waals surface area contributed by atoms with Gasteiger partial charge in [-0.25, -0.2) is 4.98 Å². The molecule has 0 radical (unpaired) electrons. The molecule has 0 unspecified atom stereocenters. The standard InChI is InChI=1S/C30H34ClF3N6O4/c1-17-13-40(29-22(31)10-20(11-35-29)37-26-25(27(41)28(26)42)36-15-30(32,33)34)18(2)12-39(17)21-5-7-38(8-6-21)14-19-3-4-23-24(9-19)44-16-43-23/h3-4,9-11,17-18,21,36-37H,5-8,12-16H2,1-2H3/t17-,18+/m1/s1. The number of hydrogen-bond donors (Lipinski definition) is 2. The topological polar surface area (TPSA) is 99.3 Å². The number of nitrogens with one attached hydrogen (secondary N) is 2. The summed E-state index contributed by atoms with van der Waals surface area (Å²) in [5, 5.41) is 5.04. The third-order valence-corrected chi connectivity index (χ3v) is 8.92. The van der Waals surface area contributed by atoms with Crippen LogP contribution in [0.2, 0.25) is 5.02 Å². The third-order valence-electron chi connectivity index (χ3n) is 8.64. The molecule has 3 aliphatic rings. The fraction of sp³-hybridized carbons (Fsp3) is 0.500. The number of nitrogens with zero attached hydrogens (tertiary/aromatic N) is 4. The van der Waals surface area contributed by atoms with Crippen molar-refractivity contribution in [1.29, 1.82) is 0 Å². The van der Waals surface area contributed by atoms with Crippen LogP contribution in [0.3, 0.4) is 0 Å². The molecule has 44 heavy (non-hydrogen) atoms. The Bertz CT molecular complexity index is 1590. The summed E-state index contributed by atoms with van der Waals surface area (Å²) in [6, 6.07) is 8.58. The van der Waals surface area contributed by atoms with E-state index in [9.17, 15) is 22.8 Å². The van der Waals surface area contributed by atoms with Crippen LogP contribution in [0.15, 0.2) is 40.1 Å². The molecule has 0 saturated carbocycles. The molecule has 2 atom stereocenters. The molecule has 1 aromatic heterocycles. The summed E-state index contributed by atoms with van der Waals surface area (Å²) in [5.74, 6) is 2.20. The second-order valence-corrected chi connectivity index (χ2v) is 12.2. The molecule has 236 valence electrons. The zero-order valence-corrected chi connectivity index (χ0v) is 25.2. The number of hydrogen-bond acceptors (Lipinski definition) is 10. The minimum absolute atomic E-state index is 0.133. The first-order chi connectivity index (χ1) is 21.0. The summed E-state index contributed by atoms with van der Waals surface area (Å²) in [6.07, 6.45) is -0.908. The molecule has 3 aromatic rings. The number of anilines is 4. The van der Waals surface area contributed by atoms with Crippen LogP contribution in [-0.2, 0) is 6.54 Å². The Kier molecular flexibility index (Phi) is 8.38. The quantitative estimate of drug-likeness (QED) is 0.348. The van der Waals surface area contributed by atoms with Crippen molar-refractivity contribution in [2.45, 2.75) is 57.5 Å². The average molecular weight is 635 g/mol. The smallest absolute Gasteiger partial charge is 0.405 e. The molecular formula is C30H34ClF3N6O4. The van der Waals surface area contributed by atoms with Crippen molar-refractivity contribution >= 4 is 34.5 Å². The van der Waals surface area contributed by atoms with Gasteiger partial charge in [-0.1, -0.05) is 17.7 Å². The Morgan fingerprint density at radius 2 is 1.73 bits per heavy atom. The van der Waals surface area contributed by atoms with Crippen LogP contribution in [0.1, 0.15) is 32.3 Å². The van der Waals surface area contributed by atoms with E-state index in [1.807, 2.05) is 11.4 Å². The van der Waals surface area contributed by atoms with E-state index in [0.717, 1.165) is 57.1 Å². The van der Waals surface area contributed by atoms with Crippen LogP contribution in [-0.4, -0.2) is 78.6 Å². The maximum absolute atomic E-state index is 12.6. The number of pyridine rings is 1. The second-order valence-electron chi connectivity index (χ2n) is 11.8. The maximum Gasteiger partial charge on any atom is 0.405 e. The normalized spacial score (nSPS) is 21.6. The van der Waals surface area contributed by atoms with Gasteiger partial charge in [-0.15, -0.1) is 0 Å². The molecule has 6 rings (SSSR count). The van der Waals surface area contributed by atoms with Crippen LogP contribution in [0.4, 0.5) is 36.1 Å². The zero-order valence-electron chi connectivity index (χ0n) is 24.4. The molecule has 2 N–H and O–H groups in total. The van der Waals surface area contributed by atoms with Crippen molar-refractivity contribution in [3.63, 3.8) is 0 Å². The second kappa shape index (κ2) is 12.1. The summed E-state index contributed by atoms with van der Waals surface area (Å²) in [6.45, 7) is 7.69. The van der Waals surface area contributed by atoms with E-state index in [-0.39, 0.29) is 24.6 Å². The molecule has 0 aliphatic carbocycles. The van der Waals surface area contributed by atoms with Crippen LogP contribution in [0.5, 0.6) is 11.5 Å². The number of fused-ring (bicyclic) bond motifs is 1. The molecule has 0 amide bonds. The first kappa shape index (κ1) is 30.5. The minimum Gasteiger partial charge on any atom is -0.454 e. The zero-order chi connectivity index (χ0) is 31.2. The number of benzene rings is 1. The van der Waals surface area contributed by atoms with E-state index in [2.05, 4.69) is 51.0 Å². The van der Waals surface area contributed by atoms with Gasteiger partial charge in [-0.05, 0) is 63.5 Å². The fourth-order valence-electron chi connectivity index (χ4n) is 6.39. The highest BCUT2D eigenvalue weighted by Gasteiger charge is 2.36. The molecular weight excluding hydrogens is 601 g/mol. The van der Waals surface area contributed by atoms with E-state index in [0.29, 0.717) is 22.6 Å². The lowest BCUT2D eigenvalue weighted by Gasteiger charge is -2.49. The molecule has 0 bridgehead atoms. The van der Waals surface area contributed by atoms with Crippen molar-refractivity contribution in [2.24, 2.45) is 0 Å². The summed E-state index contributed by atoms with van der Waals surface area (Å²) in [5.41, 5.74) is -1.01. The van der Waals surface area contributed by atoms with E-state index >= 15 is 0 Å². The molecule has 2 fully saturated rings. The summed E-state index contributed by atoms with van der Waals surface area (Å²) in [4.78, 5) is 35.6. The van der Waals surface area contributed by atoms with Gasteiger partial charge in [0.2, 0.25) is 6.79 Å². The molecule has 14 heteroatoms. The highest BCUT2D eigenvalue weighted by molar-refractivity contribution is 6.33. The summed E-state index contributed by atoms with van der Waals surface area (Å²) >= 11 is 6.63. The average Bonchev–Trinajstić information content (AvgIpc) is 3.46. The molecule has 4 heterocycles. The fourth-order valence-corrected chi connectivity index (χ4v) is 6.66. The number of aromatic nitrogens is 1. The SMILES string of the molecule is C[C@@H]1CN(c2ncc(Nc3c(NCC(F)(F)F)c(=O)c3=O)cc2Cl)[C@@H](C)CN1C1CCN(Cc2ccc3c(c2)OCO3)CC1. The lowest BCUT2D eigenvalue weighted by atomic mass is 9.97. The molecule has 2 aromatic carbocycles. The van der Waals surface area contributed by atoms with E-state index in [1.165, 1.54) is 11.8 Å². The Morgan fingerprint density at radius 1 is 1.00 bits per heavy atom. The van der Waals surface area contributed by atoms with Gasteiger partial charge in [-0.2, -0.15) is 13.2 Å². The maximum atomic E-state index is 12.6. The monoisotopic (exact) mass is 634 g/mol. The summed E-state index contributed by atoms with van der Waals surface area (Å²) in [7, 11) is 0. The first-order valence-corrected chi connectivity index (χ1v) is 15.0. The number of likely N-dealkylation sites (tertiary alicyclic amines) is 1. The van der Waals surface area contributed by atoms with Gasteiger partial charge in [0, 0.05) is 37.8 Å². The lowest BCUT2D eigenvalue weighted by molar-refractivity contribution is -0.115. The number of ether oxygens (including phenoxy) is 2. The summed E-state index contributed by atoms with van der Waals surface area (Å²) < 4.78 is 48.7. The number of rotatable bonds is 8. The predicted molar refractivity (Wildman–Crippen MR) is 162 cm³/mol. The highest BCUT2D eigenvalue weighted by Crippen LogP contribution is 2.35. The van der Waals surface area contributed by atoms with Crippen molar-refractivity contribution in [3.05, 3.63) is 61.5 Å². The van der Waals surface area contributed by atoms with Gasteiger partial charge < -0.3 is 25.0 Å². The Hall–Kier alpha value is -3.55. The first-order valence-electron chi connectivity index (χ1n) is 14.7. The number of halogens is 4. The number of alkyl halides is 3. The Balaban J connectivity index is 1.04. The van der Waals surface area contributed by atoms with Gasteiger partial charge >= 0.3 is 6.18 Å². The number of piperazine rings is 1. The van der Waals surface area contributed by atoms with Crippen LogP contribution in [0.25, 0.3) is 0 Å². The third kappa shape index (κ3) is 6.31. The molecule has 2 saturated heterocycles. The van der Waals surface area contributed by atoms with Crippen molar-refractivity contribution in [3.8, 4) is 11.5 Å². The predicted octanol–water partition coefficient (Wildman–Crippen LogP) is 4.34. The van der Waals surface area contributed by atoms with Gasteiger partial charge in [0.15, 0.2) is 11.5 Å². The van der Waals surface area contributed by atoms with Gasteiger partial charge in [0.05, 0.1) is 16.9 Å². The van der Waals surface area contributed by atoms with Crippen LogP contribution >= 0.6 is 11.6 Å². The van der Waals surface area contributed by atoms with Crippen LogP contribution in [0, 0.1) is 0 Å². The largest absolute Gasteiger partial charge is 0.454 e. The van der Waals surface area contributed by atoms with Gasteiger partial charge in [0.25, 0.3) is 10.9 Å². The Labute approximate surface area is 257 Å². The van der Waals surface area contributed by atoms with E-state index < -0.39 is 29.3 Å². The molecule has 3 aliphatic heterocycles. The van der Waals surface area contributed by atoms with E-state index in [4.69, 9.17) is 21.1 Å². The van der Waals surface area contributed by atoms with E-state index in [1.54, 1.807) is 6.07 Å². The van der Waals surface area contributed by atoms with Crippen molar-refractivity contribution < 1.29 is 22.6 Å². The molecule has 0 spiro atoms. The van der Waals surface area contributed by atoms with Gasteiger partial charge in [-0.3, -0.25) is 19.4 Å². The van der Waals surface area contributed by atoms with Crippen molar-refractivity contribution in [2.75, 3.05) is 55.1 Å². The minimum atomic E-state index is -4.53. The molecule has 10 nitrogen and oxygen atoms in total. The number of piperidine rings is 1. The lowest BCUT2D eigenvalue weighted by Crippen LogP contribution is -2.61. The Morgan fingerprint density at radius 3 is 2.45 bits per heavy atom. The van der Waals surface area contributed by atoms with Crippen molar-refractivity contribution in [1.82, 2.24) is 14.8 Å². The van der Waals surface area contributed by atoms with Crippen LogP contribution < -0.4 is 35.9 Å². The van der Waals surface area contributed by atoms with Gasteiger partial charge in [0.1, 0.15) is 23.7 Å². The highest BCUT2D eigenvalue weighted by atomic mass is 35.5.